The van der Waals surface area contributed by atoms with E-state index in [4.69, 9.17) is 32.4 Å². The molecule has 0 bridgehead atoms. The van der Waals surface area contributed by atoms with Crippen molar-refractivity contribution in [3.05, 3.63) is 0 Å². The van der Waals surface area contributed by atoms with Crippen LogP contribution in [0.1, 0.15) is 0 Å². The summed E-state index contributed by atoms with van der Waals surface area (Å²) < 4.78 is 30.8. The third kappa shape index (κ3) is 1580. The predicted octanol–water partition coefficient (Wildman–Crippen LogP) is -4.78. The standard InChI is InChI=1S/H4O4Si.3H2O.O.Sb/c1-5(2,3)4;;;;;/h1-4H;3*1H2;;/q;;;;;+3/p-3. The Hall–Kier alpha value is 0.555. The molecular formula is H7O8SbSi. The van der Waals surface area contributed by atoms with Crippen LogP contribution in [0.25, 0.3) is 0 Å². The summed E-state index contributed by atoms with van der Waals surface area (Å²) in [5, 5.41) is 0. The number of rotatable bonds is 0. The average Bonchev–Trinajstić information content (AvgIpc) is 1.12. The molecule has 0 aliphatic carbocycles. The molecule has 0 aliphatic rings. The molecule has 0 amide bonds. The molecular weight excluding hydrogens is 278 g/mol. The number of hydrogen-bond acceptors (Lipinski definition) is 5. The fourth-order valence-corrected chi connectivity index (χ4v) is 0. The van der Waals surface area contributed by atoms with Crippen LogP contribution in [0.3, 0.4) is 0 Å². The maximum atomic E-state index is 8.97. The van der Waals surface area contributed by atoms with Gasteiger partial charge in [0.2, 0.25) is 0 Å². The summed E-state index contributed by atoms with van der Waals surface area (Å²) in [5.74, 6) is 0. The summed E-state index contributed by atoms with van der Waals surface area (Å²) in [7, 11) is -4.61. The summed E-state index contributed by atoms with van der Waals surface area (Å²) in [5.41, 5.74) is 0. The Morgan fingerprint density at radius 1 is 0.900 bits per heavy atom. The molecule has 0 radical (unpaired) electrons. The Bertz CT molecular complexity index is 101. The Morgan fingerprint density at radius 2 is 0.900 bits per heavy atom. The molecule has 0 rings (SSSR count). The van der Waals surface area contributed by atoms with Gasteiger partial charge in [-0.05, 0) is 0 Å². The molecule has 8 nitrogen and oxygen atoms in total. The van der Waals surface area contributed by atoms with Crippen LogP contribution in [0.15, 0.2) is 0 Å². The van der Waals surface area contributed by atoms with E-state index in [1.165, 1.54) is 0 Å². The molecule has 0 fully saturated rings. The second kappa shape index (κ2) is 4.44. The van der Waals surface area contributed by atoms with Gasteiger partial charge in [0.15, 0.2) is 0 Å². The molecule has 0 unspecified atom stereocenters. The van der Waals surface area contributed by atoms with Crippen LogP contribution in [0.2, 0.25) is 0 Å². The van der Waals surface area contributed by atoms with Gasteiger partial charge in [-0.25, -0.2) is 0 Å². The van der Waals surface area contributed by atoms with E-state index in [9.17, 15) is 0 Å². The third-order valence-corrected chi connectivity index (χ3v) is 0. The molecule has 0 aliphatic heterocycles. The van der Waals surface area contributed by atoms with Gasteiger partial charge in [0.25, 0.3) is 0 Å². The van der Waals surface area contributed by atoms with Crippen LogP contribution in [0, 0.1) is 0 Å². The summed E-state index contributed by atoms with van der Waals surface area (Å²) in [6, 6.07) is 0. The Labute approximate surface area is 61.8 Å². The van der Waals surface area contributed by atoms with Crippen molar-refractivity contribution >= 4 is 29.1 Å². The zero-order chi connectivity index (χ0) is 9.00. The van der Waals surface area contributed by atoms with E-state index in [1.54, 1.807) is 0 Å². The van der Waals surface area contributed by atoms with Gasteiger partial charge in [0.1, 0.15) is 0 Å². The quantitative estimate of drug-likeness (QED) is 0.218. The molecule has 0 heterocycles. The Morgan fingerprint density at radius 3 is 0.900 bits per heavy atom. The van der Waals surface area contributed by atoms with Gasteiger partial charge in [-0.2, -0.15) is 0 Å². The first kappa shape index (κ1) is 13.2. The van der Waals surface area contributed by atoms with Crippen molar-refractivity contribution in [3.8, 4) is 0 Å². The van der Waals surface area contributed by atoms with Crippen molar-refractivity contribution in [2.75, 3.05) is 0 Å². The maximum absolute atomic E-state index is 8.97. The van der Waals surface area contributed by atoms with Gasteiger partial charge in [-0.1, -0.05) is 0 Å². The minimum absolute atomic E-state index is 4.61. The van der Waals surface area contributed by atoms with Gasteiger partial charge in [-0.3, -0.25) is 0 Å². The van der Waals surface area contributed by atoms with Crippen molar-refractivity contribution in [2.24, 2.45) is 0 Å². The first-order valence-electron chi connectivity index (χ1n) is 1.68. The molecule has 0 saturated heterocycles. The van der Waals surface area contributed by atoms with Crippen LogP contribution >= 0.6 is 0 Å². The van der Waals surface area contributed by atoms with E-state index >= 15 is 0 Å². The monoisotopic (exact) mass is 284 g/mol. The summed E-state index contributed by atoms with van der Waals surface area (Å²) >= 11 is -5.35. The van der Waals surface area contributed by atoms with Gasteiger partial charge in [0.05, 0.1) is 0 Å². The first-order valence-corrected chi connectivity index (χ1v) is 7.93. The Kier molecular flexibility index (Phi) is 5.84. The summed E-state index contributed by atoms with van der Waals surface area (Å²) in [4.78, 5) is 29.3. The summed E-state index contributed by atoms with van der Waals surface area (Å²) in [6.45, 7) is 0. The molecule has 10 heteroatoms. The molecule has 0 aromatic rings. The fraction of sp³-hybridized carbons (Fsp3) is 0. The van der Waals surface area contributed by atoms with Crippen molar-refractivity contribution in [2.45, 2.75) is 0 Å². The van der Waals surface area contributed by atoms with E-state index in [-0.39, 0.29) is 0 Å². The molecule has 0 atom stereocenters. The Balaban J connectivity index is 0. The van der Waals surface area contributed by atoms with Gasteiger partial charge in [0, 0.05) is 0 Å². The average molecular weight is 285 g/mol. The van der Waals surface area contributed by atoms with Gasteiger partial charge >= 0.3 is 42.3 Å². The second-order valence-corrected chi connectivity index (χ2v) is 5.24. The van der Waals surface area contributed by atoms with E-state index in [1.807, 2.05) is 0 Å². The zero-order valence-corrected chi connectivity index (χ0v) is 8.04. The van der Waals surface area contributed by atoms with Crippen LogP contribution in [-0.2, 0) is 3.02 Å². The first-order chi connectivity index (χ1) is 4.00. The molecule has 0 spiro atoms. The zero-order valence-electron chi connectivity index (χ0n) is 4.49. The van der Waals surface area contributed by atoms with Crippen LogP contribution in [-0.4, -0.2) is 58.4 Å². The van der Waals surface area contributed by atoms with Crippen LogP contribution < -0.4 is 0 Å². The third-order valence-electron chi connectivity index (χ3n) is 0. The predicted molar refractivity (Wildman–Crippen MR) is 27.7 cm³/mol. The van der Waals surface area contributed by atoms with E-state index in [0.717, 1.165) is 0 Å². The second-order valence-electron chi connectivity index (χ2n) is 1.11. The molecule has 64 valence electrons. The SMILES string of the molecule is O[Si](O)(O)O.[O]=[Sb]([OH])([OH])[OH]. The normalized spacial score (nSPS) is 11.9. The molecule has 0 aromatic heterocycles. The number of hydrogen-bond donors (Lipinski definition) is 7. The minimum atomic E-state index is -5.35. The molecule has 7 N–H and O–H groups in total. The van der Waals surface area contributed by atoms with Crippen molar-refractivity contribution in [1.82, 2.24) is 0 Å². The van der Waals surface area contributed by atoms with Crippen molar-refractivity contribution in [1.29, 1.82) is 0 Å². The topological polar surface area (TPSA) is 159 Å². The summed E-state index contributed by atoms with van der Waals surface area (Å²) in [6.07, 6.45) is 0. The van der Waals surface area contributed by atoms with Crippen LogP contribution in [0.5, 0.6) is 0 Å². The van der Waals surface area contributed by atoms with Crippen molar-refractivity contribution < 1.29 is 32.4 Å². The van der Waals surface area contributed by atoms with Gasteiger partial charge in [-0.15, -0.1) is 0 Å². The van der Waals surface area contributed by atoms with Crippen LogP contribution in [0.4, 0.5) is 0 Å². The molecule has 0 aromatic carbocycles. The fourth-order valence-electron chi connectivity index (χ4n) is 0. The molecule has 0 saturated carbocycles. The van der Waals surface area contributed by atoms with Gasteiger partial charge < -0.3 is 19.2 Å². The van der Waals surface area contributed by atoms with E-state index in [0.29, 0.717) is 0 Å². The van der Waals surface area contributed by atoms with E-state index in [2.05, 4.69) is 0 Å². The van der Waals surface area contributed by atoms with Crippen molar-refractivity contribution in [3.63, 3.8) is 0 Å². The molecule has 10 heavy (non-hydrogen) atoms. The van der Waals surface area contributed by atoms with E-state index < -0.39 is 29.1 Å².